The number of methoxy groups -OCH3 is 1. The number of nitrogens with zero attached hydrogens (tertiary/aromatic N) is 3. The average Bonchev–Trinajstić information content (AvgIpc) is 3.21. The first-order chi connectivity index (χ1) is 13.1. The predicted molar refractivity (Wildman–Crippen MR) is 100 cm³/mol. The Balaban J connectivity index is 1.47. The van der Waals surface area contributed by atoms with Gasteiger partial charge in [0.15, 0.2) is 5.76 Å². The summed E-state index contributed by atoms with van der Waals surface area (Å²) in [7, 11) is 1.54. The van der Waals surface area contributed by atoms with Crippen LogP contribution in [0.5, 0.6) is 0 Å². The van der Waals surface area contributed by atoms with E-state index in [0.717, 1.165) is 42.5 Å². The molecular weight excluding hydrogens is 344 g/mol. The van der Waals surface area contributed by atoms with E-state index in [4.69, 9.17) is 14.1 Å². The van der Waals surface area contributed by atoms with Crippen LogP contribution in [0.1, 0.15) is 30.3 Å². The summed E-state index contributed by atoms with van der Waals surface area (Å²) in [4.78, 5) is 23.5. The molecule has 3 aliphatic heterocycles. The molecular formula is C20H26N4O3. The van der Waals surface area contributed by atoms with Crippen molar-refractivity contribution >= 4 is 5.91 Å². The molecule has 0 saturated carbocycles. The number of amides is 1. The monoisotopic (exact) mass is 370 g/mol. The largest absolute Gasteiger partial charge is 0.463 e. The molecule has 7 nitrogen and oxygen atoms in total. The van der Waals surface area contributed by atoms with Gasteiger partial charge in [0.2, 0.25) is 5.91 Å². The summed E-state index contributed by atoms with van der Waals surface area (Å²) in [5.74, 6) is 2.49. The Morgan fingerprint density at radius 2 is 2.33 bits per heavy atom. The van der Waals surface area contributed by atoms with Crippen molar-refractivity contribution in [2.75, 3.05) is 33.4 Å². The Kier molecular flexibility index (Phi) is 5.22. The van der Waals surface area contributed by atoms with E-state index in [1.807, 2.05) is 19.1 Å². The van der Waals surface area contributed by atoms with Gasteiger partial charge in [0, 0.05) is 37.9 Å². The van der Waals surface area contributed by atoms with E-state index >= 15 is 0 Å². The second-order valence-corrected chi connectivity index (χ2v) is 7.48. The van der Waals surface area contributed by atoms with Crippen molar-refractivity contribution < 1.29 is 13.9 Å². The van der Waals surface area contributed by atoms with Crippen molar-refractivity contribution in [3.05, 3.63) is 36.0 Å². The summed E-state index contributed by atoms with van der Waals surface area (Å²) in [5, 5.41) is 2.99. The summed E-state index contributed by atoms with van der Waals surface area (Å²) >= 11 is 0. The Bertz CT molecular complexity index is 793. The topological polar surface area (TPSA) is 80.5 Å². The maximum absolute atomic E-state index is 11.7. The Labute approximate surface area is 159 Å². The van der Waals surface area contributed by atoms with Gasteiger partial charge in [-0.3, -0.25) is 9.69 Å². The molecule has 27 heavy (non-hydrogen) atoms. The van der Waals surface area contributed by atoms with Crippen LogP contribution in [-0.2, 0) is 9.53 Å². The number of hydrogen-bond donors (Lipinski definition) is 1. The molecule has 0 radical (unpaired) electrons. The number of furan rings is 1. The van der Waals surface area contributed by atoms with Crippen LogP contribution in [-0.4, -0.2) is 60.2 Å². The molecule has 3 saturated heterocycles. The smallest absolute Gasteiger partial charge is 0.246 e. The van der Waals surface area contributed by atoms with E-state index in [-0.39, 0.29) is 12.5 Å². The van der Waals surface area contributed by atoms with Crippen LogP contribution in [0.4, 0.5) is 0 Å². The highest BCUT2D eigenvalue weighted by atomic mass is 16.5. The lowest BCUT2D eigenvalue weighted by molar-refractivity contribution is -0.125. The molecule has 0 aliphatic carbocycles. The molecule has 2 aromatic rings. The lowest BCUT2D eigenvalue weighted by atomic mass is 9.74. The number of aryl methyl sites for hydroxylation is 1. The molecule has 0 aromatic carbocycles. The summed E-state index contributed by atoms with van der Waals surface area (Å²) in [5.41, 5.74) is 1.95. The summed E-state index contributed by atoms with van der Waals surface area (Å²) < 4.78 is 10.4. The van der Waals surface area contributed by atoms with Gasteiger partial charge in [-0.2, -0.15) is 0 Å². The van der Waals surface area contributed by atoms with Crippen LogP contribution in [0.3, 0.4) is 0 Å². The number of nitrogens with one attached hydrogen (secondary N) is 1. The van der Waals surface area contributed by atoms with Gasteiger partial charge in [0.05, 0.1) is 6.26 Å². The Morgan fingerprint density at radius 3 is 3.04 bits per heavy atom. The standard InChI is InChI=1S/C20H26N4O3/c1-13-22-17(9-18(23-13)19-4-3-7-27-19)16-11-24-6-5-14(16)8-15(24)10-21-20(25)12-26-2/h3-4,7,9,14-16H,5-6,8,10-12H2,1-2H3,(H,21,25). The van der Waals surface area contributed by atoms with Crippen molar-refractivity contribution in [3.63, 3.8) is 0 Å². The Morgan fingerprint density at radius 1 is 1.44 bits per heavy atom. The number of piperidine rings is 3. The maximum atomic E-state index is 11.7. The van der Waals surface area contributed by atoms with E-state index in [1.165, 1.54) is 13.5 Å². The number of fused-ring (bicyclic) bond motifs is 3. The van der Waals surface area contributed by atoms with Crippen LogP contribution >= 0.6 is 0 Å². The highest BCUT2D eigenvalue weighted by Crippen LogP contribution is 2.41. The van der Waals surface area contributed by atoms with Gasteiger partial charge in [0.25, 0.3) is 0 Å². The van der Waals surface area contributed by atoms with Crippen molar-refractivity contribution in [3.8, 4) is 11.5 Å². The van der Waals surface area contributed by atoms with Gasteiger partial charge in [-0.05, 0) is 50.4 Å². The SMILES string of the molecule is COCC(=O)NCC1CC2CCN1CC2c1cc(-c2ccco2)nc(C)n1. The molecule has 4 unspecified atom stereocenters. The first-order valence-electron chi connectivity index (χ1n) is 9.53. The van der Waals surface area contributed by atoms with Crippen LogP contribution in [0.2, 0.25) is 0 Å². The number of hydrogen-bond acceptors (Lipinski definition) is 6. The van der Waals surface area contributed by atoms with Crippen LogP contribution in [0, 0.1) is 12.8 Å². The summed E-state index contributed by atoms with van der Waals surface area (Å²) in [6.07, 6.45) is 3.92. The zero-order valence-electron chi connectivity index (χ0n) is 15.9. The fourth-order valence-electron chi connectivity index (χ4n) is 4.43. The van der Waals surface area contributed by atoms with Crippen molar-refractivity contribution in [2.24, 2.45) is 5.92 Å². The van der Waals surface area contributed by atoms with Gasteiger partial charge in [-0.1, -0.05) is 0 Å². The highest BCUT2D eigenvalue weighted by Gasteiger charge is 2.41. The third-order valence-electron chi connectivity index (χ3n) is 5.70. The fraction of sp³-hybridized carbons (Fsp3) is 0.550. The lowest BCUT2D eigenvalue weighted by Gasteiger charge is -2.49. The summed E-state index contributed by atoms with van der Waals surface area (Å²) in [6.45, 7) is 4.80. The minimum atomic E-state index is -0.0498. The quantitative estimate of drug-likeness (QED) is 0.838. The number of carbonyl (C=O) groups is 1. The molecule has 144 valence electrons. The van der Waals surface area contributed by atoms with Crippen LogP contribution in [0.15, 0.2) is 28.9 Å². The second-order valence-electron chi connectivity index (χ2n) is 7.48. The first-order valence-corrected chi connectivity index (χ1v) is 9.53. The normalized spacial score (nSPS) is 26.9. The molecule has 1 N–H and O–H groups in total. The predicted octanol–water partition coefficient (Wildman–Crippen LogP) is 1.99. The molecule has 1 amide bonds. The van der Waals surface area contributed by atoms with Crippen LogP contribution in [0.25, 0.3) is 11.5 Å². The number of carbonyl (C=O) groups excluding carboxylic acids is 1. The minimum Gasteiger partial charge on any atom is -0.463 e. The molecule has 3 aliphatic rings. The third-order valence-corrected chi connectivity index (χ3v) is 5.70. The van der Waals surface area contributed by atoms with Crippen molar-refractivity contribution in [1.82, 2.24) is 20.2 Å². The van der Waals surface area contributed by atoms with E-state index in [2.05, 4.69) is 21.3 Å². The highest BCUT2D eigenvalue weighted by molar-refractivity contribution is 5.77. The van der Waals surface area contributed by atoms with E-state index in [9.17, 15) is 4.79 Å². The zero-order chi connectivity index (χ0) is 18.8. The summed E-state index contributed by atoms with van der Waals surface area (Å²) in [6, 6.07) is 6.28. The van der Waals surface area contributed by atoms with E-state index in [0.29, 0.717) is 24.4 Å². The van der Waals surface area contributed by atoms with E-state index in [1.54, 1.807) is 6.26 Å². The van der Waals surface area contributed by atoms with Gasteiger partial charge in [0.1, 0.15) is 18.1 Å². The maximum Gasteiger partial charge on any atom is 0.246 e. The fourth-order valence-corrected chi connectivity index (χ4v) is 4.43. The second kappa shape index (κ2) is 7.78. The Hall–Kier alpha value is -2.25. The third kappa shape index (κ3) is 3.89. The van der Waals surface area contributed by atoms with Gasteiger partial charge < -0.3 is 14.5 Å². The first kappa shape index (κ1) is 18.1. The number of rotatable bonds is 6. The van der Waals surface area contributed by atoms with Crippen molar-refractivity contribution in [1.29, 1.82) is 0 Å². The van der Waals surface area contributed by atoms with Gasteiger partial charge >= 0.3 is 0 Å². The lowest BCUT2D eigenvalue weighted by Crippen LogP contribution is -2.56. The molecule has 4 atom stereocenters. The minimum absolute atomic E-state index is 0.0498. The molecule has 5 rings (SSSR count). The van der Waals surface area contributed by atoms with Crippen molar-refractivity contribution in [2.45, 2.75) is 31.7 Å². The molecule has 3 fully saturated rings. The average molecular weight is 370 g/mol. The van der Waals surface area contributed by atoms with Crippen LogP contribution < -0.4 is 5.32 Å². The van der Waals surface area contributed by atoms with Gasteiger partial charge in [-0.15, -0.1) is 0 Å². The van der Waals surface area contributed by atoms with E-state index < -0.39 is 0 Å². The van der Waals surface area contributed by atoms with Gasteiger partial charge in [-0.25, -0.2) is 9.97 Å². The molecule has 0 spiro atoms. The molecule has 2 bridgehead atoms. The molecule has 7 heteroatoms. The number of ether oxygens (including phenoxy) is 1. The molecule has 5 heterocycles. The number of aromatic nitrogens is 2. The zero-order valence-corrected chi connectivity index (χ0v) is 15.9. The molecule has 2 aromatic heterocycles.